The van der Waals surface area contributed by atoms with E-state index in [2.05, 4.69) is 5.32 Å². The molecule has 0 aliphatic carbocycles. The number of hydrogen-bond donors (Lipinski definition) is 1. The van der Waals surface area contributed by atoms with Crippen LogP contribution in [-0.4, -0.2) is 44.2 Å². The van der Waals surface area contributed by atoms with Crippen molar-refractivity contribution >= 4 is 11.7 Å². The number of ether oxygens (including phenoxy) is 1. The molecule has 2 amide bonds. The average Bonchev–Trinajstić information content (AvgIpc) is 2.67. The molecule has 1 aliphatic heterocycles. The molecule has 3 rings (SSSR count). The highest BCUT2D eigenvalue weighted by Gasteiger charge is 2.22. The molecule has 6 heteroatoms. The van der Waals surface area contributed by atoms with Crippen LogP contribution in [0.4, 0.5) is 14.9 Å². The Morgan fingerprint density at radius 1 is 1.08 bits per heavy atom. The highest BCUT2D eigenvalue weighted by atomic mass is 19.1. The summed E-state index contributed by atoms with van der Waals surface area (Å²) in [6, 6.07) is 14.6. The van der Waals surface area contributed by atoms with Gasteiger partial charge in [-0.3, -0.25) is 0 Å². The second kappa shape index (κ2) is 8.67. The minimum atomic E-state index is -0.221. The van der Waals surface area contributed by atoms with E-state index in [0.717, 1.165) is 11.1 Å². The molecule has 2 aromatic carbocycles. The van der Waals surface area contributed by atoms with Crippen molar-refractivity contribution < 1.29 is 13.9 Å². The number of para-hydroxylation sites is 1. The summed E-state index contributed by atoms with van der Waals surface area (Å²) in [6.45, 7) is 3.42. The molecule has 0 unspecified atom stereocenters. The predicted octanol–water partition coefficient (Wildman–Crippen LogP) is 3.00. The van der Waals surface area contributed by atoms with Crippen molar-refractivity contribution in [1.82, 2.24) is 10.2 Å². The SMILES string of the molecule is COCc1cccc(CNC(=O)N2CCN(c3ccccc3F)CC2)c1. The van der Waals surface area contributed by atoms with Gasteiger partial charge in [0.1, 0.15) is 5.82 Å². The molecule has 0 aromatic heterocycles. The molecule has 1 fully saturated rings. The molecule has 1 heterocycles. The maximum atomic E-state index is 13.9. The summed E-state index contributed by atoms with van der Waals surface area (Å²) in [5, 5.41) is 2.96. The molecule has 2 aromatic rings. The first-order chi connectivity index (χ1) is 12.7. The molecule has 0 radical (unpaired) electrons. The second-order valence-electron chi connectivity index (χ2n) is 6.34. The zero-order valence-corrected chi connectivity index (χ0v) is 15.0. The number of piperazine rings is 1. The van der Waals surface area contributed by atoms with E-state index in [0.29, 0.717) is 45.0 Å². The summed E-state index contributed by atoms with van der Waals surface area (Å²) >= 11 is 0. The van der Waals surface area contributed by atoms with Crippen molar-refractivity contribution in [2.45, 2.75) is 13.2 Å². The van der Waals surface area contributed by atoms with E-state index >= 15 is 0 Å². The van der Waals surface area contributed by atoms with Crippen LogP contribution in [0.3, 0.4) is 0 Å². The van der Waals surface area contributed by atoms with Crippen molar-refractivity contribution in [3.63, 3.8) is 0 Å². The van der Waals surface area contributed by atoms with Crippen molar-refractivity contribution in [1.29, 1.82) is 0 Å². The largest absolute Gasteiger partial charge is 0.380 e. The molecule has 0 atom stereocenters. The van der Waals surface area contributed by atoms with Gasteiger partial charge in [-0.05, 0) is 23.3 Å². The first-order valence-corrected chi connectivity index (χ1v) is 8.76. The smallest absolute Gasteiger partial charge is 0.317 e. The van der Waals surface area contributed by atoms with Gasteiger partial charge >= 0.3 is 6.03 Å². The molecule has 5 nitrogen and oxygen atoms in total. The van der Waals surface area contributed by atoms with E-state index in [1.165, 1.54) is 6.07 Å². The van der Waals surface area contributed by atoms with Crippen molar-refractivity contribution in [2.24, 2.45) is 0 Å². The Bertz CT molecular complexity index is 745. The van der Waals surface area contributed by atoms with Crippen LogP contribution < -0.4 is 10.2 Å². The summed E-state index contributed by atoms with van der Waals surface area (Å²) in [7, 11) is 1.66. The molecule has 26 heavy (non-hydrogen) atoms. The molecule has 1 saturated heterocycles. The van der Waals surface area contributed by atoms with Gasteiger partial charge in [0.05, 0.1) is 12.3 Å². The van der Waals surface area contributed by atoms with E-state index < -0.39 is 0 Å². The van der Waals surface area contributed by atoms with Crippen LogP contribution in [0, 0.1) is 5.82 Å². The number of halogens is 1. The molecule has 0 saturated carbocycles. The van der Waals surface area contributed by atoms with E-state index in [9.17, 15) is 9.18 Å². The lowest BCUT2D eigenvalue weighted by atomic mass is 10.1. The molecule has 0 spiro atoms. The van der Waals surface area contributed by atoms with Gasteiger partial charge in [0.25, 0.3) is 0 Å². The molecule has 0 bridgehead atoms. The fourth-order valence-electron chi connectivity index (χ4n) is 3.14. The topological polar surface area (TPSA) is 44.8 Å². The summed E-state index contributed by atoms with van der Waals surface area (Å²) in [4.78, 5) is 16.1. The number of carbonyl (C=O) groups is 1. The monoisotopic (exact) mass is 357 g/mol. The molecular weight excluding hydrogens is 333 g/mol. The van der Waals surface area contributed by atoms with Gasteiger partial charge in [-0.15, -0.1) is 0 Å². The van der Waals surface area contributed by atoms with Crippen LogP contribution in [0.2, 0.25) is 0 Å². The van der Waals surface area contributed by atoms with Crippen LogP contribution in [0.25, 0.3) is 0 Å². The maximum absolute atomic E-state index is 13.9. The lowest BCUT2D eigenvalue weighted by Gasteiger charge is -2.36. The Kier molecular flexibility index (Phi) is 6.07. The molecule has 138 valence electrons. The Balaban J connectivity index is 1.49. The Labute approximate surface area is 153 Å². The van der Waals surface area contributed by atoms with E-state index in [-0.39, 0.29) is 11.8 Å². The summed E-state index contributed by atoms with van der Waals surface area (Å²) < 4.78 is 19.0. The standard InChI is InChI=1S/C20H24FN3O2/c1-26-15-17-6-4-5-16(13-17)14-22-20(25)24-11-9-23(10-12-24)19-8-3-2-7-18(19)21/h2-8,13H,9-12,14-15H2,1H3,(H,22,25). The predicted molar refractivity (Wildman–Crippen MR) is 99.6 cm³/mol. The Morgan fingerprint density at radius 3 is 2.54 bits per heavy atom. The van der Waals surface area contributed by atoms with Gasteiger partial charge in [-0.1, -0.05) is 36.4 Å². The van der Waals surface area contributed by atoms with Crippen molar-refractivity contribution in [3.05, 3.63) is 65.5 Å². The highest BCUT2D eigenvalue weighted by molar-refractivity contribution is 5.74. The Morgan fingerprint density at radius 2 is 1.81 bits per heavy atom. The zero-order chi connectivity index (χ0) is 18.4. The second-order valence-corrected chi connectivity index (χ2v) is 6.34. The van der Waals surface area contributed by atoms with Crippen LogP contribution in [0.1, 0.15) is 11.1 Å². The maximum Gasteiger partial charge on any atom is 0.317 e. The van der Waals surface area contributed by atoms with Crippen LogP contribution in [0.15, 0.2) is 48.5 Å². The van der Waals surface area contributed by atoms with Gasteiger partial charge in [0, 0.05) is 39.8 Å². The minimum absolute atomic E-state index is 0.0877. The third-order valence-corrected chi connectivity index (χ3v) is 4.51. The summed E-state index contributed by atoms with van der Waals surface area (Å²) in [6.07, 6.45) is 0. The molecule has 1 N–H and O–H groups in total. The lowest BCUT2D eigenvalue weighted by molar-refractivity contribution is 0.185. The molecule has 1 aliphatic rings. The number of nitrogens with zero attached hydrogens (tertiary/aromatic N) is 2. The minimum Gasteiger partial charge on any atom is -0.380 e. The number of nitrogens with one attached hydrogen (secondary N) is 1. The van der Waals surface area contributed by atoms with E-state index in [1.807, 2.05) is 35.2 Å². The quantitative estimate of drug-likeness (QED) is 0.895. The number of rotatable bonds is 5. The van der Waals surface area contributed by atoms with E-state index in [4.69, 9.17) is 4.74 Å². The fourth-order valence-corrected chi connectivity index (χ4v) is 3.14. The fraction of sp³-hybridized carbons (Fsp3) is 0.350. The number of methoxy groups -OCH3 is 1. The van der Waals surface area contributed by atoms with Crippen molar-refractivity contribution in [2.75, 3.05) is 38.2 Å². The number of carbonyl (C=O) groups excluding carboxylic acids is 1. The average molecular weight is 357 g/mol. The molecular formula is C20H24FN3O2. The zero-order valence-electron chi connectivity index (χ0n) is 15.0. The van der Waals surface area contributed by atoms with Crippen LogP contribution in [-0.2, 0) is 17.9 Å². The third-order valence-electron chi connectivity index (χ3n) is 4.51. The third kappa shape index (κ3) is 4.52. The van der Waals surface area contributed by atoms with Gasteiger partial charge in [0.15, 0.2) is 0 Å². The van der Waals surface area contributed by atoms with Gasteiger partial charge in [-0.25, -0.2) is 9.18 Å². The number of hydrogen-bond acceptors (Lipinski definition) is 3. The van der Waals surface area contributed by atoms with E-state index in [1.54, 1.807) is 24.1 Å². The summed E-state index contributed by atoms with van der Waals surface area (Å²) in [5.74, 6) is -0.221. The lowest BCUT2D eigenvalue weighted by Crippen LogP contribution is -2.51. The first kappa shape index (κ1) is 18.2. The summed E-state index contributed by atoms with van der Waals surface area (Å²) in [5.41, 5.74) is 2.72. The van der Waals surface area contributed by atoms with Crippen LogP contribution >= 0.6 is 0 Å². The van der Waals surface area contributed by atoms with Crippen LogP contribution in [0.5, 0.6) is 0 Å². The van der Waals surface area contributed by atoms with Gasteiger partial charge in [0.2, 0.25) is 0 Å². The number of anilines is 1. The first-order valence-electron chi connectivity index (χ1n) is 8.76. The van der Waals surface area contributed by atoms with Crippen molar-refractivity contribution in [3.8, 4) is 0 Å². The Hall–Kier alpha value is -2.60. The number of amides is 2. The van der Waals surface area contributed by atoms with Gasteiger partial charge < -0.3 is 19.9 Å². The number of benzene rings is 2. The number of urea groups is 1. The van der Waals surface area contributed by atoms with Gasteiger partial charge in [-0.2, -0.15) is 0 Å². The normalized spacial score (nSPS) is 14.4. The highest BCUT2D eigenvalue weighted by Crippen LogP contribution is 2.20.